The fraction of sp³-hybridized carbons (Fsp3) is 0.167. The minimum absolute atomic E-state index is 0.0451. The normalized spacial score (nSPS) is 10.1. The van der Waals surface area contributed by atoms with Gasteiger partial charge in [0.15, 0.2) is 0 Å². The van der Waals surface area contributed by atoms with E-state index in [2.05, 4.69) is 9.97 Å². The van der Waals surface area contributed by atoms with E-state index in [1.807, 2.05) is 12.1 Å². The lowest BCUT2D eigenvalue weighted by molar-refractivity contribution is 0.281. The second kappa shape index (κ2) is 4.72. The van der Waals surface area contributed by atoms with E-state index in [9.17, 15) is 5.11 Å². The van der Waals surface area contributed by atoms with Gasteiger partial charge in [0.05, 0.1) is 13.7 Å². The number of hydrogen-bond donors (Lipinski definition) is 1. The van der Waals surface area contributed by atoms with Crippen LogP contribution in [-0.2, 0) is 6.61 Å². The van der Waals surface area contributed by atoms with E-state index in [-0.39, 0.29) is 6.61 Å². The summed E-state index contributed by atoms with van der Waals surface area (Å²) in [6.45, 7) is -0.0451. The summed E-state index contributed by atoms with van der Waals surface area (Å²) in [5.41, 5.74) is 2.66. The maximum absolute atomic E-state index is 9.30. The van der Waals surface area contributed by atoms with Gasteiger partial charge in [0.1, 0.15) is 0 Å². The summed E-state index contributed by atoms with van der Waals surface area (Å²) in [5, 5.41) is 9.30. The van der Waals surface area contributed by atoms with Gasteiger partial charge in [-0.25, -0.2) is 4.98 Å². The van der Waals surface area contributed by atoms with Gasteiger partial charge in [-0.2, -0.15) is 0 Å². The van der Waals surface area contributed by atoms with Gasteiger partial charge in [-0.05, 0) is 23.3 Å². The first-order chi connectivity index (χ1) is 7.85. The van der Waals surface area contributed by atoms with Crippen LogP contribution in [0.5, 0.6) is 5.88 Å². The van der Waals surface area contributed by atoms with Crippen molar-refractivity contribution in [2.75, 3.05) is 7.11 Å². The van der Waals surface area contributed by atoms with E-state index in [1.165, 1.54) is 0 Å². The van der Waals surface area contributed by atoms with Crippen LogP contribution < -0.4 is 4.74 Å². The second-order valence-corrected chi connectivity index (χ2v) is 3.28. The molecule has 0 saturated heterocycles. The highest BCUT2D eigenvalue weighted by atomic mass is 16.5. The van der Waals surface area contributed by atoms with Gasteiger partial charge in [0.25, 0.3) is 0 Å². The summed E-state index contributed by atoms with van der Waals surface area (Å²) in [7, 11) is 1.55. The molecule has 0 aliphatic carbocycles. The molecule has 0 radical (unpaired) electrons. The van der Waals surface area contributed by atoms with E-state index >= 15 is 0 Å². The molecular formula is C12H12N2O2. The number of rotatable bonds is 3. The molecule has 0 atom stereocenters. The van der Waals surface area contributed by atoms with Crippen LogP contribution in [0.3, 0.4) is 0 Å². The number of methoxy groups -OCH3 is 1. The first-order valence-corrected chi connectivity index (χ1v) is 4.89. The van der Waals surface area contributed by atoms with Crippen molar-refractivity contribution in [2.45, 2.75) is 6.61 Å². The maximum Gasteiger partial charge on any atom is 0.213 e. The Morgan fingerprint density at radius 1 is 1.31 bits per heavy atom. The summed E-state index contributed by atoms with van der Waals surface area (Å²) >= 11 is 0. The topological polar surface area (TPSA) is 55.2 Å². The Labute approximate surface area is 93.6 Å². The Morgan fingerprint density at radius 3 is 2.69 bits per heavy atom. The third kappa shape index (κ3) is 2.01. The van der Waals surface area contributed by atoms with Crippen molar-refractivity contribution in [3.8, 4) is 17.0 Å². The fourth-order valence-corrected chi connectivity index (χ4v) is 1.51. The molecule has 4 heteroatoms. The molecular weight excluding hydrogens is 204 g/mol. The molecule has 0 unspecified atom stereocenters. The number of aliphatic hydroxyl groups is 1. The van der Waals surface area contributed by atoms with E-state index in [0.29, 0.717) is 5.88 Å². The molecule has 2 aromatic rings. The zero-order chi connectivity index (χ0) is 11.4. The van der Waals surface area contributed by atoms with Crippen molar-refractivity contribution in [3.05, 3.63) is 42.4 Å². The monoisotopic (exact) mass is 216 g/mol. The highest BCUT2D eigenvalue weighted by Crippen LogP contribution is 2.24. The van der Waals surface area contributed by atoms with Gasteiger partial charge in [-0.15, -0.1) is 0 Å². The first-order valence-electron chi connectivity index (χ1n) is 4.89. The summed E-state index contributed by atoms with van der Waals surface area (Å²) in [4.78, 5) is 8.08. The Bertz CT molecular complexity index is 472. The highest BCUT2D eigenvalue weighted by Gasteiger charge is 2.06. The van der Waals surface area contributed by atoms with Crippen LogP contribution in [-0.4, -0.2) is 22.2 Å². The van der Waals surface area contributed by atoms with Gasteiger partial charge < -0.3 is 9.84 Å². The van der Waals surface area contributed by atoms with Crippen LogP contribution in [0.15, 0.2) is 36.8 Å². The Kier molecular flexibility index (Phi) is 3.12. The van der Waals surface area contributed by atoms with Gasteiger partial charge >= 0.3 is 0 Å². The maximum atomic E-state index is 9.30. The highest BCUT2D eigenvalue weighted by molar-refractivity contribution is 5.66. The van der Waals surface area contributed by atoms with E-state index in [0.717, 1.165) is 16.7 Å². The third-order valence-electron chi connectivity index (χ3n) is 2.34. The predicted molar refractivity (Wildman–Crippen MR) is 59.9 cm³/mol. The Hall–Kier alpha value is -1.94. The molecule has 0 aliphatic rings. The third-order valence-corrected chi connectivity index (χ3v) is 2.34. The zero-order valence-corrected chi connectivity index (χ0v) is 8.92. The van der Waals surface area contributed by atoms with Crippen LogP contribution in [0.1, 0.15) is 5.56 Å². The van der Waals surface area contributed by atoms with Crippen LogP contribution in [0.2, 0.25) is 0 Å². The molecule has 4 nitrogen and oxygen atoms in total. The summed E-state index contributed by atoms with van der Waals surface area (Å²) in [5.74, 6) is 0.502. The Balaban J connectivity index is 2.49. The molecule has 0 bridgehead atoms. The molecule has 0 amide bonds. The second-order valence-electron chi connectivity index (χ2n) is 3.28. The number of pyridine rings is 2. The van der Waals surface area contributed by atoms with E-state index in [1.54, 1.807) is 31.8 Å². The minimum Gasteiger partial charge on any atom is -0.481 e. The number of nitrogens with zero attached hydrogens (tertiary/aromatic N) is 2. The lowest BCUT2D eigenvalue weighted by Crippen LogP contribution is -1.94. The van der Waals surface area contributed by atoms with Gasteiger partial charge in [-0.1, -0.05) is 0 Å². The lowest BCUT2D eigenvalue weighted by atomic mass is 10.0. The molecule has 0 saturated carbocycles. The largest absolute Gasteiger partial charge is 0.481 e. The van der Waals surface area contributed by atoms with Gasteiger partial charge in [-0.3, -0.25) is 4.98 Å². The van der Waals surface area contributed by atoms with Crippen molar-refractivity contribution < 1.29 is 9.84 Å². The molecule has 1 N–H and O–H groups in total. The summed E-state index contributed by atoms with van der Waals surface area (Å²) < 4.78 is 5.01. The minimum atomic E-state index is -0.0451. The van der Waals surface area contributed by atoms with Crippen molar-refractivity contribution in [2.24, 2.45) is 0 Å². The average Bonchev–Trinajstić information content (AvgIpc) is 2.39. The zero-order valence-electron chi connectivity index (χ0n) is 8.92. The molecule has 16 heavy (non-hydrogen) atoms. The molecule has 0 fully saturated rings. The van der Waals surface area contributed by atoms with Gasteiger partial charge in [0.2, 0.25) is 5.88 Å². The molecule has 2 rings (SSSR count). The first kappa shape index (κ1) is 10.6. The van der Waals surface area contributed by atoms with Crippen molar-refractivity contribution in [1.29, 1.82) is 0 Å². The van der Waals surface area contributed by atoms with Crippen molar-refractivity contribution >= 4 is 0 Å². The number of aliphatic hydroxyl groups excluding tert-OH is 1. The number of hydrogen-bond acceptors (Lipinski definition) is 4. The Morgan fingerprint density at radius 2 is 2.06 bits per heavy atom. The van der Waals surface area contributed by atoms with Crippen LogP contribution in [0.4, 0.5) is 0 Å². The fourth-order valence-electron chi connectivity index (χ4n) is 1.51. The SMILES string of the molecule is COc1cc(CO)c(-c2ccncc2)cn1. The van der Waals surface area contributed by atoms with Crippen LogP contribution in [0.25, 0.3) is 11.1 Å². The summed E-state index contributed by atoms with van der Waals surface area (Å²) in [6, 6.07) is 5.49. The van der Waals surface area contributed by atoms with Crippen molar-refractivity contribution in [1.82, 2.24) is 9.97 Å². The smallest absolute Gasteiger partial charge is 0.213 e. The molecule has 0 aliphatic heterocycles. The quantitative estimate of drug-likeness (QED) is 0.847. The summed E-state index contributed by atoms with van der Waals surface area (Å²) in [6.07, 6.45) is 5.11. The number of aromatic nitrogens is 2. The average molecular weight is 216 g/mol. The van der Waals surface area contributed by atoms with Gasteiger partial charge in [0, 0.05) is 30.2 Å². The van der Waals surface area contributed by atoms with Crippen molar-refractivity contribution in [3.63, 3.8) is 0 Å². The number of ether oxygens (including phenoxy) is 1. The standard InChI is InChI=1S/C12H12N2O2/c1-16-12-6-10(8-15)11(7-14-12)9-2-4-13-5-3-9/h2-7,15H,8H2,1H3. The lowest BCUT2D eigenvalue weighted by Gasteiger charge is -2.08. The molecule has 82 valence electrons. The molecule has 0 aromatic carbocycles. The molecule has 2 heterocycles. The molecule has 0 spiro atoms. The van der Waals surface area contributed by atoms with Crippen LogP contribution in [0, 0.1) is 0 Å². The molecule has 2 aromatic heterocycles. The van der Waals surface area contributed by atoms with E-state index in [4.69, 9.17) is 4.74 Å². The van der Waals surface area contributed by atoms with Crippen LogP contribution >= 0.6 is 0 Å². The predicted octanol–water partition coefficient (Wildman–Crippen LogP) is 1.64. The van der Waals surface area contributed by atoms with E-state index < -0.39 is 0 Å².